The molecular formula is C16H16FNOS. The maximum absolute atomic E-state index is 12.9. The maximum Gasteiger partial charge on any atom is 0.176 e. The third kappa shape index (κ3) is 3.32. The van der Waals surface area contributed by atoms with Crippen LogP contribution >= 0.6 is 11.3 Å². The second-order valence-electron chi connectivity index (χ2n) is 5.20. The Kier molecular flexibility index (Phi) is 3.94. The monoisotopic (exact) mass is 289 g/mol. The quantitative estimate of drug-likeness (QED) is 0.755. The highest BCUT2D eigenvalue weighted by molar-refractivity contribution is 7.07. The number of halogens is 1. The summed E-state index contributed by atoms with van der Waals surface area (Å²) in [4.78, 5) is 14.5. The molecule has 1 fully saturated rings. The largest absolute Gasteiger partial charge is 0.293 e. The average Bonchev–Trinajstić information content (AvgIpc) is 3.17. The van der Waals surface area contributed by atoms with Crippen molar-refractivity contribution in [2.45, 2.75) is 25.4 Å². The molecule has 0 spiro atoms. The molecule has 0 saturated heterocycles. The third-order valence-electron chi connectivity index (χ3n) is 3.54. The molecule has 0 bridgehead atoms. The molecule has 1 aromatic carbocycles. The summed E-state index contributed by atoms with van der Waals surface area (Å²) < 4.78 is 12.9. The fourth-order valence-electron chi connectivity index (χ4n) is 2.28. The van der Waals surface area contributed by atoms with Gasteiger partial charge in [0, 0.05) is 18.2 Å². The van der Waals surface area contributed by atoms with Gasteiger partial charge in [-0.2, -0.15) is 11.3 Å². The predicted octanol–water partition coefficient (Wildman–Crippen LogP) is 3.73. The zero-order valence-electron chi connectivity index (χ0n) is 11.1. The number of thiophene rings is 1. The molecule has 0 aliphatic heterocycles. The lowest BCUT2D eigenvalue weighted by Crippen LogP contribution is -2.31. The summed E-state index contributed by atoms with van der Waals surface area (Å²) in [5.41, 5.74) is 1.84. The molecule has 0 amide bonds. The molecule has 1 heterocycles. The van der Waals surface area contributed by atoms with E-state index in [9.17, 15) is 9.18 Å². The van der Waals surface area contributed by atoms with E-state index in [2.05, 4.69) is 21.7 Å². The van der Waals surface area contributed by atoms with Crippen molar-refractivity contribution in [1.29, 1.82) is 0 Å². The zero-order chi connectivity index (χ0) is 13.9. The van der Waals surface area contributed by atoms with E-state index in [1.165, 1.54) is 30.5 Å². The van der Waals surface area contributed by atoms with Crippen molar-refractivity contribution in [3.63, 3.8) is 0 Å². The predicted molar refractivity (Wildman–Crippen MR) is 78.5 cm³/mol. The molecular weight excluding hydrogens is 273 g/mol. The standard InChI is InChI=1S/C16H16FNOS/c17-14-3-1-13(2-4-14)16(19)10-18(15-5-6-15)9-12-7-8-20-11-12/h1-4,7-8,11,15H,5-6,9-10H2. The number of carbonyl (C=O) groups excluding carboxylic acids is 1. The number of rotatable bonds is 6. The molecule has 1 saturated carbocycles. The molecule has 1 aliphatic carbocycles. The molecule has 4 heteroatoms. The fraction of sp³-hybridized carbons (Fsp3) is 0.312. The van der Waals surface area contributed by atoms with E-state index in [4.69, 9.17) is 0 Å². The normalized spacial score (nSPS) is 14.7. The molecule has 0 radical (unpaired) electrons. The molecule has 2 aromatic rings. The lowest BCUT2D eigenvalue weighted by atomic mass is 10.1. The van der Waals surface area contributed by atoms with Crippen molar-refractivity contribution in [3.05, 3.63) is 58.0 Å². The van der Waals surface area contributed by atoms with Gasteiger partial charge < -0.3 is 0 Å². The molecule has 1 aliphatic rings. The SMILES string of the molecule is O=C(CN(Cc1ccsc1)C1CC1)c1ccc(F)cc1. The molecule has 0 atom stereocenters. The van der Waals surface area contributed by atoms with Gasteiger partial charge in [-0.15, -0.1) is 0 Å². The summed E-state index contributed by atoms with van der Waals surface area (Å²) in [6, 6.07) is 8.43. The van der Waals surface area contributed by atoms with Crippen LogP contribution < -0.4 is 0 Å². The number of carbonyl (C=O) groups is 1. The van der Waals surface area contributed by atoms with Gasteiger partial charge >= 0.3 is 0 Å². The van der Waals surface area contributed by atoms with Gasteiger partial charge in [0.25, 0.3) is 0 Å². The second-order valence-corrected chi connectivity index (χ2v) is 5.98. The topological polar surface area (TPSA) is 20.3 Å². The number of hydrogen-bond acceptors (Lipinski definition) is 3. The number of benzene rings is 1. The van der Waals surface area contributed by atoms with E-state index < -0.39 is 0 Å². The lowest BCUT2D eigenvalue weighted by molar-refractivity contribution is 0.0919. The van der Waals surface area contributed by atoms with Crippen molar-refractivity contribution in [2.24, 2.45) is 0 Å². The lowest BCUT2D eigenvalue weighted by Gasteiger charge is -2.20. The van der Waals surface area contributed by atoms with Crippen molar-refractivity contribution in [2.75, 3.05) is 6.54 Å². The van der Waals surface area contributed by atoms with Crippen LogP contribution in [0.5, 0.6) is 0 Å². The molecule has 1 aromatic heterocycles. The molecule has 2 nitrogen and oxygen atoms in total. The fourth-order valence-corrected chi connectivity index (χ4v) is 2.94. The summed E-state index contributed by atoms with van der Waals surface area (Å²) in [5, 5.41) is 4.18. The van der Waals surface area contributed by atoms with E-state index in [1.807, 2.05) is 0 Å². The highest BCUT2D eigenvalue weighted by atomic mass is 32.1. The van der Waals surface area contributed by atoms with Crippen LogP contribution in [-0.4, -0.2) is 23.3 Å². The Morgan fingerprint density at radius 1 is 1.25 bits per heavy atom. The number of ketones is 1. The highest BCUT2D eigenvalue weighted by Crippen LogP contribution is 2.28. The van der Waals surface area contributed by atoms with Crippen LogP contribution in [0.2, 0.25) is 0 Å². The molecule has 0 unspecified atom stereocenters. The van der Waals surface area contributed by atoms with Gasteiger partial charge in [0.1, 0.15) is 5.82 Å². The minimum absolute atomic E-state index is 0.0622. The molecule has 0 N–H and O–H groups in total. The third-order valence-corrected chi connectivity index (χ3v) is 4.27. The van der Waals surface area contributed by atoms with Crippen LogP contribution in [0.3, 0.4) is 0 Å². The summed E-state index contributed by atoms with van der Waals surface area (Å²) in [6.45, 7) is 1.23. The second kappa shape index (κ2) is 5.85. The number of Topliss-reactive ketones (excluding diaryl/α,β-unsaturated/α-hetero) is 1. The average molecular weight is 289 g/mol. The highest BCUT2D eigenvalue weighted by Gasteiger charge is 2.30. The van der Waals surface area contributed by atoms with E-state index in [0.717, 1.165) is 6.54 Å². The number of hydrogen-bond donors (Lipinski definition) is 0. The first-order chi connectivity index (χ1) is 9.72. The Labute approximate surface area is 121 Å². The Morgan fingerprint density at radius 2 is 2.00 bits per heavy atom. The first kappa shape index (κ1) is 13.5. The summed E-state index contributed by atoms with van der Waals surface area (Å²) in [5.74, 6) is -0.244. The Bertz CT molecular complexity index is 575. The first-order valence-electron chi connectivity index (χ1n) is 6.76. The van der Waals surface area contributed by atoms with Gasteiger partial charge in [0.15, 0.2) is 5.78 Å². The van der Waals surface area contributed by atoms with Gasteiger partial charge in [0.05, 0.1) is 6.54 Å². The van der Waals surface area contributed by atoms with Crippen molar-refractivity contribution in [1.82, 2.24) is 4.90 Å². The Morgan fingerprint density at radius 3 is 2.60 bits per heavy atom. The van der Waals surface area contributed by atoms with Gasteiger partial charge in [-0.1, -0.05) is 0 Å². The zero-order valence-corrected chi connectivity index (χ0v) is 11.9. The van der Waals surface area contributed by atoms with Gasteiger partial charge in [-0.05, 0) is 59.5 Å². The van der Waals surface area contributed by atoms with Crippen LogP contribution in [0.1, 0.15) is 28.8 Å². The van der Waals surface area contributed by atoms with Crippen LogP contribution in [0.4, 0.5) is 4.39 Å². The Hall–Kier alpha value is -1.52. The smallest absolute Gasteiger partial charge is 0.176 e. The number of nitrogens with zero attached hydrogens (tertiary/aromatic N) is 1. The Balaban J connectivity index is 1.67. The van der Waals surface area contributed by atoms with Gasteiger partial charge in [-0.3, -0.25) is 9.69 Å². The summed E-state index contributed by atoms with van der Waals surface area (Å²) in [6.07, 6.45) is 2.33. The van der Waals surface area contributed by atoms with E-state index >= 15 is 0 Å². The summed E-state index contributed by atoms with van der Waals surface area (Å²) in [7, 11) is 0. The minimum atomic E-state index is -0.307. The van der Waals surface area contributed by atoms with Gasteiger partial charge in [-0.25, -0.2) is 4.39 Å². The van der Waals surface area contributed by atoms with Crippen LogP contribution in [0, 0.1) is 5.82 Å². The molecule has 104 valence electrons. The van der Waals surface area contributed by atoms with E-state index in [1.54, 1.807) is 23.5 Å². The van der Waals surface area contributed by atoms with Crippen molar-refractivity contribution in [3.8, 4) is 0 Å². The van der Waals surface area contributed by atoms with E-state index in [0.29, 0.717) is 18.2 Å². The van der Waals surface area contributed by atoms with Crippen LogP contribution in [0.15, 0.2) is 41.1 Å². The van der Waals surface area contributed by atoms with E-state index in [-0.39, 0.29) is 11.6 Å². The van der Waals surface area contributed by atoms with Crippen molar-refractivity contribution >= 4 is 17.1 Å². The van der Waals surface area contributed by atoms with Crippen LogP contribution in [0.25, 0.3) is 0 Å². The maximum atomic E-state index is 12.9. The molecule has 3 rings (SSSR count). The van der Waals surface area contributed by atoms with Crippen LogP contribution in [-0.2, 0) is 6.54 Å². The first-order valence-corrected chi connectivity index (χ1v) is 7.70. The summed E-state index contributed by atoms with van der Waals surface area (Å²) >= 11 is 1.68. The minimum Gasteiger partial charge on any atom is -0.293 e. The van der Waals surface area contributed by atoms with Crippen molar-refractivity contribution < 1.29 is 9.18 Å². The van der Waals surface area contributed by atoms with Gasteiger partial charge in [0.2, 0.25) is 0 Å². The molecule has 20 heavy (non-hydrogen) atoms.